The number of aliphatic hydroxyl groups excluding tert-OH is 1. The SMILES string of the molecule is CC1SC(NC(=O)c2cncs2)=NC1C1(O)C(C)CC2C3CCC4=CC(=O)C=CC4(C)C3(F)C(O)CC21C. The van der Waals surface area contributed by atoms with Crippen LogP contribution in [0.25, 0.3) is 0 Å². The number of nitrogens with zero attached hydrogens (tertiary/aromatic N) is 2. The second-order valence-electron chi connectivity index (χ2n) is 12.2. The third kappa shape index (κ3) is 3.26. The van der Waals surface area contributed by atoms with Crippen molar-refractivity contribution in [3.63, 3.8) is 0 Å². The predicted molar refractivity (Wildman–Crippen MR) is 146 cm³/mol. The minimum Gasteiger partial charge on any atom is -0.390 e. The number of thioether (sulfide) groups is 1. The summed E-state index contributed by atoms with van der Waals surface area (Å²) in [6.45, 7) is 7.81. The molecule has 204 valence electrons. The molecule has 10 heteroatoms. The molecule has 1 aromatic heterocycles. The number of ketones is 1. The minimum atomic E-state index is -1.93. The Kier molecular flexibility index (Phi) is 5.93. The van der Waals surface area contributed by atoms with E-state index in [1.54, 1.807) is 17.7 Å². The van der Waals surface area contributed by atoms with Crippen molar-refractivity contribution in [1.29, 1.82) is 0 Å². The van der Waals surface area contributed by atoms with E-state index in [0.717, 1.165) is 5.57 Å². The molecule has 6 rings (SSSR count). The van der Waals surface area contributed by atoms with Crippen LogP contribution >= 0.6 is 23.1 Å². The molecule has 1 amide bonds. The molecule has 3 saturated carbocycles. The molecular weight excluding hydrogens is 525 g/mol. The van der Waals surface area contributed by atoms with E-state index in [9.17, 15) is 19.8 Å². The van der Waals surface area contributed by atoms with E-state index in [2.05, 4.69) is 10.3 Å². The molecule has 0 aromatic carbocycles. The third-order valence-electron chi connectivity index (χ3n) is 10.6. The number of alkyl halides is 1. The van der Waals surface area contributed by atoms with Gasteiger partial charge in [-0.05, 0) is 56.6 Å². The van der Waals surface area contributed by atoms with E-state index in [-0.39, 0.29) is 35.2 Å². The third-order valence-corrected chi connectivity index (χ3v) is 12.5. The lowest BCUT2D eigenvalue weighted by atomic mass is 9.44. The highest BCUT2D eigenvalue weighted by Gasteiger charge is 2.76. The number of thiazole rings is 1. The summed E-state index contributed by atoms with van der Waals surface area (Å²) in [5.74, 6) is -1.23. The molecule has 0 spiro atoms. The van der Waals surface area contributed by atoms with Crippen molar-refractivity contribution in [3.8, 4) is 0 Å². The van der Waals surface area contributed by atoms with Gasteiger partial charge in [0.25, 0.3) is 5.91 Å². The summed E-state index contributed by atoms with van der Waals surface area (Å²) in [6, 6.07) is -0.518. The summed E-state index contributed by atoms with van der Waals surface area (Å²) in [5.41, 5.74) is -2.72. The lowest BCUT2D eigenvalue weighted by molar-refractivity contribution is -0.223. The summed E-state index contributed by atoms with van der Waals surface area (Å²) in [4.78, 5) is 34.0. The molecule has 10 atom stereocenters. The Bertz CT molecular complexity index is 1280. The number of allylic oxidation sites excluding steroid dienone is 4. The smallest absolute Gasteiger partial charge is 0.268 e. The van der Waals surface area contributed by atoms with Crippen LogP contribution in [0.4, 0.5) is 4.39 Å². The standard InChI is InChI=1S/C28H34FN3O4S2/c1-14-9-19-18-6-5-16-10-17(33)7-8-25(16,3)27(18,29)21(34)11-26(19,4)28(14,36)22-15(2)38-24(31-22)32-23(35)20-12-30-13-37-20/h7-8,10,12-15,18-19,21-22,34,36H,5-6,9,11H2,1-4H3,(H,31,32,35). The molecule has 10 unspecified atom stereocenters. The number of fused-ring (bicyclic) bond motifs is 5. The number of rotatable bonds is 2. The summed E-state index contributed by atoms with van der Waals surface area (Å²) in [6.07, 6.45) is 6.66. The summed E-state index contributed by atoms with van der Waals surface area (Å²) in [7, 11) is 0. The zero-order chi connectivity index (χ0) is 27.3. The summed E-state index contributed by atoms with van der Waals surface area (Å²) >= 11 is 2.66. The molecule has 7 nitrogen and oxygen atoms in total. The van der Waals surface area contributed by atoms with Crippen molar-refractivity contribution in [2.75, 3.05) is 0 Å². The van der Waals surface area contributed by atoms with Gasteiger partial charge >= 0.3 is 0 Å². The second-order valence-corrected chi connectivity index (χ2v) is 14.5. The topological polar surface area (TPSA) is 112 Å². The molecule has 3 N–H and O–H groups in total. The van der Waals surface area contributed by atoms with E-state index in [0.29, 0.717) is 29.3 Å². The van der Waals surface area contributed by atoms with Gasteiger partial charge < -0.3 is 15.5 Å². The summed E-state index contributed by atoms with van der Waals surface area (Å²) in [5, 5.41) is 27.4. The van der Waals surface area contributed by atoms with Gasteiger partial charge in [0.1, 0.15) is 4.88 Å². The molecular formula is C28H34FN3O4S2. The Morgan fingerprint density at radius 3 is 2.74 bits per heavy atom. The van der Waals surface area contributed by atoms with E-state index in [1.165, 1.54) is 35.4 Å². The molecule has 5 aliphatic rings. The molecule has 0 bridgehead atoms. The van der Waals surface area contributed by atoms with E-state index in [4.69, 9.17) is 4.99 Å². The lowest BCUT2D eigenvalue weighted by Gasteiger charge is -2.63. The largest absolute Gasteiger partial charge is 0.390 e. The van der Waals surface area contributed by atoms with Gasteiger partial charge in [-0.25, -0.2) is 4.39 Å². The highest BCUT2D eigenvalue weighted by atomic mass is 32.2. The quantitative estimate of drug-likeness (QED) is 0.504. The number of aromatic nitrogens is 1. The zero-order valence-corrected chi connectivity index (χ0v) is 23.6. The normalized spacial score (nSPS) is 47.6. The Hall–Kier alpha value is -1.88. The van der Waals surface area contributed by atoms with Gasteiger partial charge in [0.15, 0.2) is 16.6 Å². The highest BCUT2D eigenvalue weighted by Crippen LogP contribution is 2.71. The number of amidine groups is 1. The number of hydrogen-bond acceptors (Lipinski definition) is 8. The zero-order valence-electron chi connectivity index (χ0n) is 22.0. The maximum absolute atomic E-state index is 17.4. The first-order valence-electron chi connectivity index (χ1n) is 13.3. The summed E-state index contributed by atoms with van der Waals surface area (Å²) < 4.78 is 17.4. The van der Waals surface area contributed by atoms with Crippen molar-refractivity contribution in [2.24, 2.45) is 33.6 Å². The molecule has 1 aliphatic heterocycles. The van der Waals surface area contributed by atoms with E-state index < -0.39 is 40.2 Å². The van der Waals surface area contributed by atoms with Crippen LogP contribution in [0, 0.1) is 28.6 Å². The van der Waals surface area contributed by atoms with Gasteiger partial charge in [-0.15, -0.1) is 11.3 Å². The van der Waals surface area contributed by atoms with Crippen molar-refractivity contribution >= 4 is 40.0 Å². The molecule has 2 heterocycles. The molecule has 38 heavy (non-hydrogen) atoms. The van der Waals surface area contributed by atoms with Crippen LogP contribution in [0.2, 0.25) is 0 Å². The second kappa shape index (κ2) is 8.56. The number of aliphatic imine (C=N–C) groups is 1. The number of amides is 1. The first-order valence-corrected chi connectivity index (χ1v) is 15.1. The number of nitrogens with one attached hydrogen (secondary N) is 1. The first kappa shape index (κ1) is 26.3. The maximum Gasteiger partial charge on any atom is 0.268 e. The Balaban J connectivity index is 1.35. The molecule has 0 radical (unpaired) electrons. The van der Waals surface area contributed by atoms with Crippen LogP contribution in [0.3, 0.4) is 0 Å². The Morgan fingerprint density at radius 2 is 2.03 bits per heavy atom. The average molecular weight is 560 g/mol. The fourth-order valence-corrected chi connectivity index (χ4v) is 10.3. The van der Waals surface area contributed by atoms with Crippen LogP contribution in [-0.2, 0) is 4.79 Å². The number of halogens is 1. The van der Waals surface area contributed by atoms with Gasteiger partial charge in [-0.3, -0.25) is 19.6 Å². The van der Waals surface area contributed by atoms with Gasteiger partial charge in [0.2, 0.25) is 0 Å². The predicted octanol–water partition coefficient (Wildman–Crippen LogP) is 4.08. The van der Waals surface area contributed by atoms with Crippen LogP contribution in [0.5, 0.6) is 0 Å². The number of aliphatic hydroxyl groups is 2. The number of carbonyl (C=O) groups is 2. The average Bonchev–Trinajstić information content (AvgIpc) is 3.56. The van der Waals surface area contributed by atoms with Crippen molar-refractivity contribution < 1.29 is 24.2 Å². The van der Waals surface area contributed by atoms with Crippen molar-refractivity contribution in [2.45, 2.75) is 82.0 Å². The Labute approximate surface area is 230 Å². The van der Waals surface area contributed by atoms with Crippen molar-refractivity contribution in [1.82, 2.24) is 10.3 Å². The van der Waals surface area contributed by atoms with Crippen LogP contribution < -0.4 is 5.32 Å². The number of carbonyl (C=O) groups excluding carboxylic acids is 2. The van der Waals surface area contributed by atoms with Gasteiger partial charge in [-0.1, -0.05) is 44.2 Å². The minimum absolute atomic E-state index is 0.0993. The molecule has 1 aromatic rings. The van der Waals surface area contributed by atoms with Crippen molar-refractivity contribution in [3.05, 3.63) is 40.4 Å². The van der Waals surface area contributed by atoms with Crippen LogP contribution in [0.1, 0.15) is 63.0 Å². The van der Waals surface area contributed by atoms with Gasteiger partial charge in [0, 0.05) is 22.0 Å². The van der Waals surface area contributed by atoms with Crippen LogP contribution in [0.15, 0.2) is 40.5 Å². The number of hydrogen-bond donors (Lipinski definition) is 3. The fourth-order valence-electron chi connectivity index (χ4n) is 8.71. The van der Waals surface area contributed by atoms with Gasteiger partial charge in [0.05, 0.1) is 29.5 Å². The highest BCUT2D eigenvalue weighted by molar-refractivity contribution is 8.14. The van der Waals surface area contributed by atoms with Crippen LogP contribution in [-0.4, -0.2) is 60.7 Å². The molecule has 3 fully saturated rings. The maximum atomic E-state index is 17.4. The monoisotopic (exact) mass is 559 g/mol. The van der Waals surface area contributed by atoms with E-state index >= 15 is 4.39 Å². The fraction of sp³-hybridized carbons (Fsp3) is 0.643. The van der Waals surface area contributed by atoms with E-state index in [1.807, 2.05) is 27.7 Å². The molecule has 0 saturated heterocycles. The lowest BCUT2D eigenvalue weighted by Crippen LogP contribution is -2.70. The van der Waals surface area contributed by atoms with Gasteiger partial charge in [-0.2, -0.15) is 0 Å². The first-order chi connectivity index (χ1) is 17.9. The Morgan fingerprint density at radius 1 is 1.26 bits per heavy atom. The molecule has 4 aliphatic carbocycles.